The summed E-state index contributed by atoms with van der Waals surface area (Å²) >= 11 is 1.58. The van der Waals surface area contributed by atoms with Gasteiger partial charge in [-0.2, -0.15) is 0 Å². The zero-order chi connectivity index (χ0) is 29.4. The molecular formula is C28H39N7O4S. The number of rotatable bonds is 11. The first-order chi connectivity index (χ1) is 18.9. The van der Waals surface area contributed by atoms with Crippen molar-refractivity contribution < 1.29 is 19.1 Å². The molecule has 2 heterocycles. The summed E-state index contributed by atoms with van der Waals surface area (Å²) in [5.41, 5.74) is 18.9. The molecule has 1 fully saturated rings. The Morgan fingerprint density at radius 3 is 2.58 bits per heavy atom. The number of unbranched alkanes of at least 4 members (excludes halogenated alkanes) is 1. The van der Waals surface area contributed by atoms with Gasteiger partial charge in [-0.25, -0.2) is 4.98 Å². The number of ether oxygens (including phenoxy) is 1. The van der Waals surface area contributed by atoms with E-state index >= 15 is 0 Å². The number of nitrogens with two attached hydrogens (primary N) is 1. The number of amides is 2. The number of hydrogen-bond donors (Lipinski definition) is 2. The van der Waals surface area contributed by atoms with Crippen molar-refractivity contribution in [2.75, 3.05) is 13.1 Å². The fourth-order valence-corrected chi connectivity index (χ4v) is 5.37. The summed E-state index contributed by atoms with van der Waals surface area (Å²) in [7, 11) is 0. The molecule has 2 amide bonds. The van der Waals surface area contributed by atoms with Crippen molar-refractivity contribution >= 4 is 29.1 Å². The van der Waals surface area contributed by atoms with Gasteiger partial charge in [0, 0.05) is 24.3 Å². The summed E-state index contributed by atoms with van der Waals surface area (Å²) in [6.07, 6.45) is 0.828. The van der Waals surface area contributed by atoms with Crippen LogP contribution in [0, 0.1) is 12.3 Å². The number of carbonyl (C=O) groups excluding carboxylic acids is 3. The third-order valence-corrected chi connectivity index (χ3v) is 8.05. The van der Waals surface area contributed by atoms with Crippen LogP contribution in [0.1, 0.15) is 70.7 Å². The zero-order valence-corrected chi connectivity index (χ0v) is 24.6. The molecule has 2 aromatic rings. The first kappa shape index (κ1) is 31.1. The molecule has 0 spiro atoms. The minimum atomic E-state index is -0.821. The monoisotopic (exact) mass is 569 g/mol. The van der Waals surface area contributed by atoms with Gasteiger partial charge in [0.1, 0.15) is 12.1 Å². The van der Waals surface area contributed by atoms with Crippen LogP contribution in [0.4, 0.5) is 0 Å². The molecule has 0 radical (unpaired) electrons. The number of aryl methyl sites for hydroxylation is 1. The average molecular weight is 570 g/mol. The van der Waals surface area contributed by atoms with Gasteiger partial charge in [0.2, 0.25) is 11.8 Å². The lowest BCUT2D eigenvalue weighted by Gasteiger charge is -2.32. The summed E-state index contributed by atoms with van der Waals surface area (Å²) in [5, 5.41) is 6.49. The quantitative estimate of drug-likeness (QED) is 0.131. The smallest absolute Gasteiger partial charge is 0.306 e. The number of benzene rings is 1. The van der Waals surface area contributed by atoms with Gasteiger partial charge < -0.3 is 20.7 Å². The predicted molar refractivity (Wildman–Crippen MR) is 154 cm³/mol. The van der Waals surface area contributed by atoms with E-state index in [4.69, 9.17) is 16.0 Å². The largest absolute Gasteiger partial charge is 0.460 e. The summed E-state index contributed by atoms with van der Waals surface area (Å²) in [6.45, 7) is 9.88. The van der Waals surface area contributed by atoms with Crippen LogP contribution in [-0.2, 0) is 19.1 Å². The number of azide groups is 1. The van der Waals surface area contributed by atoms with Crippen molar-refractivity contribution in [3.8, 4) is 10.4 Å². The summed E-state index contributed by atoms with van der Waals surface area (Å²) < 4.78 is 5.63. The summed E-state index contributed by atoms with van der Waals surface area (Å²) in [6, 6.07) is 6.01. The van der Waals surface area contributed by atoms with E-state index in [2.05, 4.69) is 20.3 Å². The van der Waals surface area contributed by atoms with Crippen LogP contribution in [0.15, 0.2) is 34.9 Å². The second kappa shape index (κ2) is 13.7. The normalized spacial score (nSPS) is 18.5. The lowest BCUT2D eigenvalue weighted by atomic mass is 9.86. The minimum Gasteiger partial charge on any atom is -0.460 e. The molecule has 40 heavy (non-hydrogen) atoms. The summed E-state index contributed by atoms with van der Waals surface area (Å²) in [4.78, 5) is 48.8. The number of aromatic nitrogens is 1. The summed E-state index contributed by atoms with van der Waals surface area (Å²) in [5.74, 6) is -1.08. The molecular weight excluding hydrogens is 530 g/mol. The number of carbonyl (C=O) groups is 3. The molecule has 12 heteroatoms. The van der Waals surface area contributed by atoms with E-state index in [-0.39, 0.29) is 37.2 Å². The molecule has 3 rings (SSSR count). The Kier molecular flexibility index (Phi) is 10.7. The standard InChI is InChI=1S/C28H39N7O4S/c1-17(19-9-11-20(12-10-19)24-18(2)31-16-40-24)33-26(37)22-14-21(39-23(36)8-6-7-13-32-34-30)15-35(22)27(38)25(29)28(3,4)5/h9-12,16-17,21-22,25H,6-8,13-15,29H2,1-5H3,(H,33,37)/t17?,21-,22+,25?/m1/s1. The first-order valence-electron chi connectivity index (χ1n) is 13.5. The fourth-order valence-electron chi connectivity index (χ4n) is 4.56. The van der Waals surface area contributed by atoms with Gasteiger partial charge in [0.05, 0.1) is 34.7 Å². The number of nitrogens with zero attached hydrogens (tertiary/aromatic N) is 5. The van der Waals surface area contributed by atoms with E-state index in [0.717, 1.165) is 21.7 Å². The highest BCUT2D eigenvalue weighted by Crippen LogP contribution is 2.29. The van der Waals surface area contributed by atoms with Crippen LogP contribution in [0.3, 0.4) is 0 Å². The highest BCUT2D eigenvalue weighted by atomic mass is 32.1. The molecule has 1 aliphatic rings. The number of thiazole rings is 1. The van der Waals surface area contributed by atoms with Gasteiger partial charge >= 0.3 is 5.97 Å². The fraction of sp³-hybridized carbons (Fsp3) is 0.571. The Labute approximate surface area is 239 Å². The Morgan fingerprint density at radius 1 is 1.27 bits per heavy atom. The van der Waals surface area contributed by atoms with Crippen molar-refractivity contribution in [3.63, 3.8) is 0 Å². The third kappa shape index (κ3) is 8.03. The molecule has 11 nitrogen and oxygen atoms in total. The Balaban J connectivity index is 1.68. The highest BCUT2D eigenvalue weighted by Gasteiger charge is 2.44. The van der Waals surface area contributed by atoms with Crippen LogP contribution in [-0.4, -0.2) is 58.9 Å². The molecule has 0 bridgehead atoms. The first-order valence-corrected chi connectivity index (χ1v) is 14.4. The van der Waals surface area contributed by atoms with Gasteiger partial charge in [-0.05, 0) is 48.8 Å². The molecule has 1 saturated heterocycles. The van der Waals surface area contributed by atoms with E-state index in [1.807, 2.05) is 64.4 Å². The number of likely N-dealkylation sites (tertiary alicyclic amines) is 1. The minimum absolute atomic E-state index is 0.0996. The van der Waals surface area contributed by atoms with Crippen LogP contribution in [0.25, 0.3) is 20.9 Å². The number of nitrogens with one attached hydrogen (secondary N) is 1. The molecule has 1 aromatic heterocycles. The highest BCUT2D eigenvalue weighted by molar-refractivity contribution is 7.13. The van der Waals surface area contributed by atoms with Crippen molar-refractivity contribution in [2.45, 2.75) is 84.5 Å². The molecule has 2 unspecified atom stereocenters. The van der Waals surface area contributed by atoms with Crippen molar-refractivity contribution in [3.05, 3.63) is 51.5 Å². The lowest BCUT2D eigenvalue weighted by Crippen LogP contribution is -2.55. The van der Waals surface area contributed by atoms with Gasteiger partial charge in [-0.15, -0.1) is 11.3 Å². The van der Waals surface area contributed by atoms with E-state index < -0.39 is 29.6 Å². The topological polar surface area (TPSA) is 163 Å². The zero-order valence-electron chi connectivity index (χ0n) is 23.8. The van der Waals surface area contributed by atoms with Crippen molar-refractivity contribution in [1.82, 2.24) is 15.2 Å². The maximum absolute atomic E-state index is 13.5. The van der Waals surface area contributed by atoms with Crippen LogP contribution >= 0.6 is 11.3 Å². The van der Waals surface area contributed by atoms with Gasteiger partial charge in [0.15, 0.2) is 0 Å². The van der Waals surface area contributed by atoms with Gasteiger partial charge in [-0.3, -0.25) is 14.4 Å². The number of esters is 1. The second-order valence-electron chi connectivity index (χ2n) is 11.2. The van der Waals surface area contributed by atoms with Gasteiger partial charge in [0.25, 0.3) is 0 Å². The van der Waals surface area contributed by atoms with Crippen LogP contribution in [0.2, 0.25) is 0 Å². The van der Waals surface area contributed by atoms with E-state index in [1.54, 1.807) is 11.3 Å². The molecule has 216 valence electrons. The third-order valence-electron chi connectivity index (χ3n) is 7.08. The van der Waals surface area contributed by atoms with Gasteiger partial charge in [-0.1, -0.05) is 50.2 Å². The Bertz CT molecular complexity index is 1230. The molecule has 1 aromatic carbocycles. The number of hydrogen-bond acceptors (Lipinski definition) is 8. The van der Waals surface area contributed by atoms with E-state index in [9.17, 15) is 14.4 Å². The van der Waals surface area contributed by atoms with Crippen LogP contribution in [0.5, 0.6) is 0 Å². The van der Waals surface area contributed by atoms with E-state index in [0.29, 0.717) is 19.4 Å². The Morgan fingerprint density at radius 2 is 1.98 bits per heavy atom. The molecule has 0 saturated carbocycles. The molecule has 1 aliphatic heterocycles. The van der Waals surface area contributed by atoms with Crippen LogP contribution < -0.4 is 11.1 Å². The van der Waals surface area contributed by atoms with Crippen molar-refractivity contribution in [2.24, 2.45) is 16.3 Å². The molecule has 0 aliphatic carbocycles. The second-order valence-corrected chi connectivity index (χ2v) is 12.1. The Hall–Kier alpha value is -3.47. The lowest BCUT2D eigenvalue weighted by molar-refractivity contribution is -0.149. The van der Waals surface area contributed by atoms with E-state index in [1.165, 1.54) is 4.90 Å². The SMILES string of the molecule is Cc1ncsc1-c1ccc(C(C)NC(=O)[C@@H]2C[C@@H](OC(=O)CCCCN=[N+]=[N-])CN2C(=O)C(N)C(C)(C)C)cc1. The maximum Gasteiger partial charge on any atom is 0.306 e. The molecule has 3 N–H and O–H groups in total. The molecule has 4 atom stereocenters. The predicted octanol–water partition coefficient (Wildman–Crippen LogP) is 4.66. The maximum atomic E-state index is 13.5. The van der Waals surface area contributed by atoms with Crippen molar-refractivity contribution in [1.29, 1.82) is 0 Å². The average Bonchev–Trinajstić information content (AvgIpc) is 3.53.